The topological polar surface area (TPSA) is 81.2 Å². The molecule has 1 fully saturated rings. The first kappa shape index (κ1) is 18.6. The molecule has 28 heavy (non-hydrogen) atoms. The Morgan fingerprint density at radius 2 is 2.07 bits per heavy atom. The van der Waals surface area contributed by atoms with E-state index in [-0.39, 0.29) is 23.4 Å². The van der Waals surface area contributed by atoms with Gasteiger partial charge < -0.3 is 9.42 Å². The summed E-state index contributed by atoms with van der Waals surface area (Å²) in [5.41, 5.74) is 1.66. The molecule has 1 aliphatic heterocycles. The van der Waals surface area contributed by atoms with Gasteiger partial charge in [0.2, 0.25) is 5.91 Å². The summed E-state index contributed by atoms with van der Waals surface area (Å²) in [5.74, 6) is 0.905. The number of carbonyl (C=O) groups excluding carboxylic acids is 1. The molecule has 3 aromatic rings. The van der Waals surface area contributed by atoms with Gasteiger partial charge in [-0.25, -0.2) is 0 Å². The minimum absolute atomic E-state index is 0.0497. The zero-order valence-electron chi connectivity index (χ0n) is 15.7. The summed E-state index contributed by atoms with van der Waals surface area (Å²) in [7, 11) is 0. The lowest BCUT2D eigenvalue weighted by Gasteiger charge is -2.28. The molecule has 4 rings (SSSR count). The van der Waals surface area contributed by atoms with Gasteiger partial charge in [0.05, 0.1) is 6.04 Å². The summed E-state index contributed by atoms with van der Waals surface area (Å²) >= 11 is 1.12. The fraction of sp³-hybridized carbons (Fsp3) is 0.400. The van der Waals surface area contributed by atoms with E-state index in [1.165, 1.54) is 4.57 Å². The van der Waals surface area contributed by atoms with Gasteiger partial charge in [0, 0.05) is 23.2 Å². The van der Waals surface area contributed by atoms with Gasteiger partial charge in [-0.2, -0.15) is 4.98 Å². The highest BCUT2D eigenvalue weighted by molar-refractivity contribution is 7.07. The van der Waals surface area contributed by atoms with Gasteiger partial charge in [-0.1, -0.05) is 47.5 Å². The lowest BCUT2D eigenvalue weighted by atomic mass is 10.1. The van der Waals surface area contributed by atoms with Crippen LogP contribution >= 0.6 is 11.3 Å². The quantitative estimate of drug-likeness (QED) is 0.673. The molecule has 8 heteroatoms. The number of benzene rings is 1. The van der Waals surface area contributed by atoms with Gasteiger partial charge in [0.25, 0.3) is 5.89 Å². The van der Waals surface area contributed by atoms with E-state index in [1.807, 2.05) is 42.2 Å². The number of thiazole rings is 1. The van der Waals surface area contributed by atoms with Crippen molar-refractivity contribution in [2.24, 2.45) is 0 Å². The second kappa shape index (κ2) is 8.10. The standard InChI is InChI=1S/C20H22N4O3S/c1-14-13-28-20(26)24(14)12-17(25)23-11-7-3-6-10-16(23)18-21-19(27-22-18)15-8-4-2-5-9-15/h2,4-5,8-9,13,16H,3,6-7,10-12H2,1H3/t16-/m1/s1. The minimum atomic E-state index is -0.231. The first-order chi connectivity index (χ1) is 13.6. The maximum absolute atomic E-state index is 13.1. The van der Waals surface area contributed by atoms with Gasteiger partial charge in [-0.15, -0.1) is 0 Å². The van der Waals surface area contributed by atoms with Crippen LogP contribution in [0.3, 0.4) is 0 Å². The van der Waals surface area contributed by atoms with Gasteiger partial charge in [0.1, 0.15) is 6.54 Å². The number of likely N-dealkylation sites (tertiary alicyclic amines) is 1. The van der Waals surface area contributed by atoms with E-state index in [0.717, 1.165) is 48.3 Å². The van der Waals surface area contributed by atoms with Crippen LogP contribution in [-0.2, 0) is 11.3 Å². The van der Waals surface area contributed by atoms with Crippen molar-refractivity contribution in [2.75, 3.05) is 6.54 Å². The average molecular weight is 398 g/mol. The van der Waals surface area contributed by atoms with Gasteiger partial charge in [-0.3, -0.25) is 14.2 Å². The third-order valence-electron chi connectivity index (χ3n) is 5.10. The molecule has 0 N–H and O–H groups in total. The summed E-state index contributed by atoms with van der Waals surface area (Å²) in [6, 6.07) is 9.37. The maximum Gasteiger partial charge on any atom is 0.307 e. The largest absolute Gasteiger partial charge is 0.334 e. The van der Waals surface area contributed by atoms with Crippen LogP contribution in [0.25, 0.3) is 11.5 Å². The van der Waals surface area contributed by atoms with Gasteiger partial charge >= 0.3 is 4.87 Å². The van der Waals surface area contributed by atoms with E-state index in [1.54, 1.807) is 5.38 Å². The van der Waals surface area contributed by atoms with Crippen LogP contribution in [0, 0.1) is 6.92 Å². The molecule has 1 atom stereocenters. The fourth-order valence-corrected chi connectivity index (χ4v) is 4.30. The fourth-order valence-electron chi connectivity index (χ4n) is 3.57. The Morgan fingerprint density at radius 1 is 1.25 bits per heavy atom. The predicted molar refractivity (Wildman–Crippen MR) is 106 cm³/mol. The lowest BCUT2D eigenvalue weighted by Crippen LogP contribution is -2.39. The highest BCUT2D eigenvalue weighted by Gasteiger charge is 2.31. The third-order valence-corrected chi connectivity index (χ3v) is 5.98. The maximum atomic E-state index is 13.1. The molecule has 146 valence electrons. The molecule has 0 radical (unpaired) electrons. The summed E-state index contributed by atoms with van der Waals surface area (Å²) in [4.78, 5) is 31.4. The second-order valence-electron chi connectivity index (χ2n) is 7.01. The van der Waals surface area contributed by atoms with Gasteiger partial charge in [0.15, 0.2) is 5.82 Å². The number of rotatable bonds is 4. The van der Waals surface area contributed by atoms with Crippen molar-refractivity contribution in [2.45, 2.75) is 45.2 Å². The molecule has 1 aliphatic rings. The normalized spacial score (nSPS) is 17.5. The molecule has 0 spiro atoms. The highest BCUT2D eigenvalue weighted by Crippen LogP contribution is 2.30. The van der Waals surface area contributed by atoms with E-state index in [2.05, 4.69) is 10.1 Å². The van der Waals surface area contributed by atoms with Crippen molar-refractivity contribution in [3.8, 4) is 11.5 Å². The first-order valence-electron chi connectivity index (χ1n) is 9.47. The number of nitrogens with zero attached hydrogens (tertiary/aromatic N) is 4. The third kappa shape index (κ3) is 3.77. The van der Waals surface area contributed by atoms with Crippen LogP contribution in [0.4, 0.5) is 0 Å². The molecule has 3 heterocycles. The summed E-state index contributed by atoms with van der Waals surface area (Å²) < 4.78 is 6.99. The molecular formula is C20H22N4O3S. The van der Waals surface area contributed by atoms with Crippen LogP contribution in [0.15, 0.2) is 45.0 Å². The Kier molecular flexibility index (Phi) is 5.38. The van der Waals surface area contributed by atoms with Gasteiger partial charge in [-0.05, 0) is 31.9 Å². The molecule has 1 saturated heterocycles. The number of aryl methyl sites for hydroxylation is 1. The summed E-state index contributed by atoms with van der Waals surface area (Å²) in [6.45, 7) is 2.53. The number of hydrogen-bond acceptors (Lipinski definition) is 6. The minimum Gasteiger partial charge on any atom is -0.334 e. The molecular weight excluding hydrogens is 376 g/mol. The Morgan fingerprint density at radius 3 is 2.82 bits per heavy atom. The first-order valence-corrected chi connectivity index (χ1v) is 10.3. The smallest absolute Gasteiger partial charge is 0.307 e. The van der Waals surface area contributed by atoms with Crippen molar-refractivity contribution >= 4 is 17.2 Å². The van der Waals surface area contributed by atoms with Crippen molar-refractivity contribution in [1.82, 2.24) is 19.6 Å². The average Bonchev–Trinajstić information content (AvgIpc) is 3.23. The molecule has 2 aromatic heterocycles. The van der Waals surface area contributed by atoms with Crippen LogP contribution in [0.5, 0.6) is 0 Å². The number of amides is 1. The van der Waals surface area contributed by atoms with Crippen LogP contribution in [-0.4, -0.2) is 32.1 Å². The lowest BCUT2D eigenvalue weighted by molar-refractivity contribution is -0.134. The molecule has 1 aromatic carbocycles. The zero-order chi connectivity index (χ0) is 19.5. The van der Waals surface area contributed by atoms with Crippen molar-refractivity contribution < 1.29 is 9.32 Å². The summed E-state index contributed by atoms with van der Waals surface area (Å²) in [6.07, 6.45) is 3.78. The predicted octanol–water partition coefficient (Wildman–Crippen LogP) is 3.41. The Bertz CT molecular complexity index is 1010. The molecule has 1 amide bonds. The molecule has 0 saturated carbocycles. The Balaban J connectivity index is 1.60. The van der Waals surface area contributed by atoms with Crippen molar-refractivity contribution in [3.05, 3.63) is 56.9 Å². The molecule has 0 aliphatic carbocycles. The SMILES string of the molecule is Cc1csc(=O)n1CC(=O)N1CCCCC[C@@H]1c1noc(-c2ccccc2)n1. The monoisotopic (exact) mass is 398 g/mol. The zero-order valence-corrected chi connectivity index (χ0v) is 16.5. The van der Waals surface area contributed by atoms with E-state index >= 15 is 0 Å². The van der Waals surface area contributed by atoms with Crippen LogP contribution in [0.1, 0.15) is 43.2 Å². The van der Waals surface area contributed by atoms with E-state index < -0.39 is 0 Å². The van der Waals surface area contributed by atoms with E-state index in [9.17, 15) is 9.59 Å². The highest BCUT2D eigenvalue weighted by atomic mass is 32.1. The molecule has 0 bridgehead atoms. The Labute approximate surface area is 166 Å². The number of hydrogen-bond donors (Lipinski definition) is 0. The second-order valence-corrected chi connectivity index (χ2v) is 7.83. The van der Waals surface area contributed by atoms with Crippen LogP contribution < -0.4 is 4.87 Å². The van der Waals surface area contributed by atoms with Crippen molar-refractivity contribution in [3.63, 3.8) is 0 Å². The molecule has 0 unspecified atom stereocenters. The van der Waals surface area contributed by atoms with Crippen LogP contribution in [0.2, 0.25) is 0 Å². The number of aromatic nitrogens is 3. The van der Waals surface area contributed by atoms with E-state index in [0.29, 0.717) is 18.3 Å². The Hall–Kier alpha value is -2.74. The molecule has 7 nitrogen and oxygen atoms in total. The summed E-state index contributed by atoms with van der Waals surface area (Å²) in [5, 5.41) is 5.95. The van der Waals surface area contributed by atoms with Crippen molar-refractivity contribution in [1.29, 1.82) is 0 Å². The number of carbonyl (C=O) groups is 1. The van der Waals surface area contributed by atoms with E-state index in [4.69, 9.17) is 4.52 Å².